The van der Waals surface area contributed by atoms with Gasteiger partial charge in [-0.3, -0.25) is 9.78 Å². The van der Waals surface area contributed by atoms with E-state index in [1.807, 2.05) is 6.92 Å². The minimum Gasteiger partial charge on any atom is -0.368 e. The van der Waals surface area contributed by atoms with Gasteiger partial charge in [-0.1, -0.05) is 13.3 Å². The van der Waals surface area contributed by atoms with Crippen molar-refractivity contribution in [1.29, 1.82) is 0 Å². The Hall–Kier alpha value is -1.14. The summed E-state index contributed by atoms with van der Waals surface area (Å²) in [4.78, 5) is 20.2. The van der Waals surface area contributed by atoms with Gasteiger partial charge in [0.15, 0.2) is 0 Å². The van der Waals surface area contributed by atoms with Crippen LogP contribution in [0.5, 0.6) is 0 Å². The molecule has 0 aromatic carbocycles. The van der Waals surface area contributed by atoms with E-state index in [9.17, 15) is 4.79 Å². The summed E-state index contributed by atoms with van der Waals surface area (Å²) >= 11 is 1.68. The molecule has 5 nitrogen and oxygen atoms in total. The van der Waals surface area contributed by atoms with E-state index in [1.54, 1.807) is 30.4 Å². The normalized spacial score (nSPS) is 25.8. The van der Waals surface area contributed by atoms with Crippen LogP contribution >= 0.6 is 11.8 Å². The summed E-state index contributed by atoms with van der Waals surface area (Å²) in [6.45, 7) is 2.80. The zero-order valence-electron chi connectivity index (χ0n) is 11.8. The lowest BCUT2D eigenvalue weighted by Crippen LogP contribution is -2.57. The molecule has 1 aromatic rings. The molecule has 20 heavy (non-hydrogen) atoms. The molecular formula is C14H22N4OS. The largest absolute Gasteiger partial charge is 0.368 e. The molecule has 0 saturated heterocycles. The van der Waals surface area contributed by atoms with Crippen molar-refractivity contribution in [3.63, 3.8) is 0 Å². The Morgan fingerprint density at radius 3 is 3.10 bits per heavy atom. The molecule has 1 aliphatic carbocycles. The standard InChI is InChI=1S/C14H22N4OS/c1-2-18-14(13(15)19)6-3-4-11(14)5-9-20-12-10-16-7-8-17-12/h7-8,10-11,18H,2-6,9H2,1H3,(H2,15,19). The third kappa shape index (κ3) is 3.30. The minimum atomic E-state index is -0.502. The van der Waals surface area contributed by atoms with Crippen molar-refractivity contribution in [1.82, 2.24) is 15.3 Å². The van der Waals surface area contributed by atoms with Gasteiger partial charge in [0.2, 0.25) is 5.91 Å². The van der Waals surface area contributed by atoms with Gasteiger partial charge in [0.05, 0.1) is 6.20 Å². The van der Waals surface area contributed by atoms with Crippen LogP contribution < -0.4 is 11.1 Å². The Balaban J connectivity index is 1.92. The molecule has 2 atom stereocenters. The van der Waals surface area contributed by atoms with Crippen LogP contribution in [0.25, 0.3) is 0 Å². The maximum atomic E-state index is 11.9. The number of carbonyl (C=O) groups excluding carboxylic acids is 1. The Morgan fingerprint density at radius 1 is 1.60 bits per heavy atom. The van der Waals surface area contributed by atoms with E-state index < -0.39 is 5.54 Å². The topological polar surface area (TPSA) is 80.9 Å². The number of amides is 1. The molecule has 1 amide bonds. The van der Waals surface area contributed by atoms with Crippen molar-refractivity contribution in [3.05, 3.63) is 18.6 Å². The van der Waals surface area contributed by atoms with Gasteiger partial charge >= 0.3 is 0 Å². The SMILES string of the molecule is CCNC1(C(N)=O)CCCC1CCSc1cnccn1. The van der Waals surface area contributed by atoms with Gasteiger partial charge in [0, 0.05) is 12.4 Å². The fraction of sp³-hybridized carbons (Fsp3) is 0.643. The second-order valence-corrected chi connectivity index (χ2v) is 6.25. The van der Waals surface area contributed by atoms with Gasteiger partial charge in [-0.15, -0.1) is 11.8 Å². The number of primary amides is 1. The fourth-order valence-electron chi connectivity index (χ4n) is 3.09. The van der Waals surface area contributed by atoms with Gasteiger partial charge in [0.1, 0.15) is 10.6 Å². The predicted molar refractivity (Wildman–Crippen MR) is 80.3 cm³/mol. The van der Waals surface area contributed by atoms with Gasteiger partial charge in [-0.25, -0.2) is 4.98 Å². The Labute approximate surface area is 124 Å². The molecule has 0 bridgehead atoms. The number of nitrogens with one attached hydrogen (secondary N) is 1. The van der Waals surface area contributed by atoms with Crippen molar-refractivity contribution in [2.45, 2.75) is 43.2 Å². The third-order valence-corrected chi connectivity index (χ3v) is 4.95. The van der Waals surface area contributed by atoms with Crippen LogP contribution in [0.15, 0.2) is 23.6 Å². The van der Waals surface area contributed by atoms with E-state index in [1.165, 1.54) is 0 Å². The highest BCUT2D eigenvalue weighted by Crippen LogP contribution is 2.38. The molecule has 0 aliphatic heterocycles. The number of hydrogen-bond donors (Lipinski definition) is 2. The first-order valence-electron chi connectivity index (χ1n) is 7.13. The molecule has 110 valence electrons. The fourth-order valence-corrected chi connectivity index (χ4v) is 3.98. The molecular weight excluding hydrogens is 272 g/mol. The van der Waals surface area contributed by atoms with Gasteiger partial charge in [-0.05, 0) is 37.5 Å². The summed E-state index contributed by atoms with van der Waals surface area (Å²) < 4.78 is 0. The van der Waals surface area contributed by atoms with Crippen LogP contribution in [0.1, 0.15) is 32.6 Å². The number of rotatable bonds is 7. The smallest absolute Gasteiger partial charge is 0.238 e. The number of carbonyl (C=O) groups is 1. The summed E-state index contributed by atoms with van der Waals surface area (Å²) in [6.07, 6.45) is 9.10. The van der Waals surface area contributed by atoms with Gasteiger partial charge in [0.25, 0.3) is 0 Å². The highest BCUT2D eigenvalue weighted by Gasteiger charge is 2.46. The quantitative estimate of drug-likeness (QED) is 0.746. The molecule has 1 saturated carbocycles. The molecule has 1 aromatic heterocycles. The highest BCUT2D eigenvalue weighted by atomic mass is 32.2. The molecule has 6 heteroatoms. The number of aromatic nitrogens is 2. The summed E-state index contributed by atoms with van der Waals surface area (Å²) in [5, 5.41) is 4.27. The number of nitrogens with two attached hydrogens (primary N) is 1. The van der Waals surface area contributed by atoms with E-state index in [0.29, 0.717) is 5.92 Å². The number of hydrogen-bond acceptors (Lipinski definition) is 5. The lowest BCUT2D eigenvalue weighted by molar-refractivity contribution is -0.125. The molecule has 2 rings (SSSR count). The Kier molecular flexibility index (Phi) is 5.37. The molecule has 1 heterocycles. The minimum absolute atomic E-state index is 0.202. The lowest BCUT2D eigenvalue weighted by atomic mass is 9.84. The molecule has 0 spiro atoms. The molecule has 3 N–H and O–H groups in total. The van der Waals surface area contributed by atoms with Gasteiger partial charge < -0.3 is 11.1 Å². The van der Waals surface area contributed by atoms with E-state index in [4.69, 9.17) is 5.73 Å². The van der Waals surface area contributed by atoms with Crippen molar-refractivity contribution in [2.24, 2.45) is 11.7 Å². The Morgan fingerprint density at radius 2 is 2.45 bits per heavy atom. The van der Waals surface area contributed by atoms with Crippen molar-refractivity contribution < 1.29 is 4.79 Å². The van der Waals surface area contributed by atoms with Crippen molar-refractivity contribution in [2.75, 3.05) is 12.3 Å². The first-order valence-corrected chi connectivity index (χ1v) is 8.11. The first-order chi connectivity index (χ1) is 9.69. The zero-order valence-corrected chi connectivity index (χ0v) is 12.7. The van der Waals surface area contributed by atoms with Crippen LogP contribution in [0.3, 0.4) is 0 Å². The molecule has 1 aliphatic rings. The third-order valence-electron chi connectivity index (χ3n) is 4.01. The average Bonchev–Trinajstić information content (AvgIpc) is 2.85. The second kappa shape index (κ2) is 7.04. The van der Waals surface area contributed by atoms with Crippen LogP contribution in [-0.4, -0.2) is 33.7 Å². The van der Waals surface area contributed by atoms with Crippen LogP contribution in [0, 0.1) is 5.92 Å². The predicted octanol–water partition coefficient (Wildman–Crippen LogP) is 1.59. The van der Waals surface area contributed by atoms with Crippen LogP contribution in [0.2, 0.25) is 0 Å². The van der Waals surface area contributed by atoms with Crippen LogP contribution in [0.4, 0.5) is 0 Å². The number of likely N-dealkylation sites (N-methyl/N-ethyl adjacent to an activating group) is 1. The van der Waals surface area contributed by atoms with Gasteiger partial charge in [-0.2, -0.15) is 0 Å². The van der Waals surface area contributed by atoms with E-state index in [2.05, 4.69) is 15.3 Å². The summed E-state index contributed by atoms with van der Waals surface area (Å²) in [5.74, 6) is 1.06. The monoisotopic (exact) mass is 294 g/mol. The van der Waals surface area contributed by atoms with Crippen LogP contribution in [-0.2, 0) is 4.79 Å². The average molecular weight is 294 g/mol. The molecule has 1 fully saturated rings. The first kappa shape index (κ1) is 15.3. The summed E-state index contributed by atoms with van der Waals surface area (Å²) in [7, 11) is 0. The summed E-state index contributed by atoms with van der Waals surface area (Å²) in [5.41, 5.74) is 5.16. The molecule has 2 unspecified atom stereocenters. The van der Waals surface area contributed by atoms with Crippen molar-refractivity contribution >= 4 is 17.7 Å². The Bertz CT molecular complexity index is 442. The summed E-state index contributed by atoms with van der Waals surface area (Å²) in [6, 6.07) is 0. The maximum Gasteiger partial charge on any atom is 0.238 e. The zero-order chi connectivity index (χ0) is 14.4. The number of nitrogens with zero attached hydrogens (tertiary/aromatic N) is 2. The number of thioether (sulfide) groups is 1. The lowest BCUT2D eigenvalue weighted by Gasteiger charge is -2.33. The second-order valence-electron chi connectivity index (χ2n) is 5.14. The van der Waals surface area contributed by atoms with E-state index >= 15 is 0 Å². The molecule has 0 radical (unpaired) electrons. The maximum absolute atomic E-state index is 11.9. The van der Waals surface area contributed by atoms with E-state index in [0.717, 1.165) is 43.0 Å². The highest BCUT2D eigenvalue weighted by molar-refractivity contribution is 7.99. The van der Waals surface area contributed by atoms with Crippen molar-refractivity contribution in [3.8, 4) is 0 Å². The van der Waals surface area contributed by atoms with E-state index in [-0.39, 0.29) is 5.91 Å².